The number of amides is 1. The Morgan fingerprint density at radius 2 is 1.77 bits per heavy atom. The first kappa shape index (κ1) is 24.1. The Morgan fingerprint density at radius 1 is 1.09 bits per heavy atom. The minimum atomic E-state index is -0.930. The van der Waals surface area contributed by atoms with Crippen molar-refractivity contribution in [3.63, 3.8) is 0 Å². The van der Waals surface area contributed by atoms with Crippen molar-refractivity contribution in [2.45, 2.75) is 18.4 Å². The van der Waals surface area contributed by atoms with Crippen LogP contribution in [0.5, 0.6) is 17.2 Å². The first-order chi connectivity index (χ1) is 16.8. The molecular formula is C26H26N4O4S. The number of methoxy groups -OCH3 is 3. The van der Waals surface area contributed by atoms with Gasteiger partial charge in [0.2, 0.25) is 11.7 Å². The van der Waals surface area contributed by atoms with Gasteiger partial charge in [-0.25, -0.2) is 0 Å². The number of likely N-dealkylation sites (N-methyl/N-ethyl adjacent to an activating group) is 1. The molecule has 8 nitrogen and oxygen atoms in total. The van der Waals surface area contributed by atoms with E-state index in [1.165, 1.54) is 37.6 Å². The summed E-state index contributed by atoms with van der Waals surface area (Å²) in [5.74, 6) is 0.427. The molecule has 35 heavy (non-hydrogen) atoms. The van der Waals surface area contributed by atoms with Gasteiger partial charge in [0.1, 0.15) is 0 Å². The molecule has 1 fully saturated rings. The Labute approximate surface area is 208 Å². The molecule has 2 N–H and O–H groups in total. The van der Waals surface area contributed by atoms with Crippen molar-refractivity contribution in [1.82, 2.24) is 10.2 Å². The summed E-state index contributed by atoms with van der Waals surface area (Å²) in [6.45, 7) is 1.92. The van der Waals surface area contributed by atoms with Gasteiger partial charge in [-0.15, -0.1) is 11.3 Å². The molecule has 0 aliphatic carbocycles. The van der Waals surface area contributed by atoms with E-state index in [2.05, 4.69) is 11.4 Å². The van der Waals surface area contributed by atoms with Crippen LogP contribution in [0, 0.1) is 16.7 Å². The Hall–Kier alpha value is -4.03. The maximum Gasteiger partial charge on any atom is 0.239 e. The third-order valence-electron chi connectivity index (χ3n) is 6.33. The monoisotopic (exact) mass is 490 g/mol. The summed E-state index contributed by atoms with van der Waals surface area (Å²) in [6, 6.07) is 15.1. The van der Waals surface area contributed by atoms with Crippen LogP contribution >= 0.6 is 11.3 Å². The molecule has 2 heterocycles. The molecule has 0 spiro atoms. The number of nitriles is 1. The van der Waals surface area contributed by atoms with E-state index in [0.717, 1.165) is 16.0 Å². The number of rotatable bonds is 6. The van der Waals surface area contributed by atoms with Gasteiger partial charge in [-0.1, -0.05) is 12.1 Å². The first-order valence-electron chi connectivity index (χ1n) is 10.8. The molecule has 1 amide bonds. The summed E-state index contributed by atoms with van der Waals surface area (Å²) in [7, 11) is 6.17. The normalized spacial score (nSPS) is 19.7. The van der Waals surface area contributed by atoms with Crippen LogP contribution < -0.4 is 19.5 Å². The van der Waals surface area contributed by atoms with Gasteiger partial charge < -0.3 is 19.5 Å². The summed E-state index contributed by atoms with van der Waals surface area (Å²) < 4.78 is 16.5. The summed E-state index contributed by atoms with van der Waals surface area (Å²) in [5.41, 5.74) is 2.16. The molecule has 0 saturated carbocycles. The van der Waals surface area contributed by atoms with Crippen molar-refractivity contribution >= 4 is 23.2 Å². The van der Waals surface area contributed by atoms with Crippen molar-refractivity contribution in [3.05, 3.63) is 63.8 Å². The molecule has 3 aromatic rings. The highest BCUT2D eigenvalue weighted by atomic mass is 32.1. The van der Waals surface area contributed by atoms with E-state index in [1.807, 2.05) is 36.6 Å². The molecule has 4 rings (SSSR count). The van der Waals surface area contributed by atoms with Crippen molar-refractivity contribution in [3.8, 4) is 34.4 Å². The minimum Gasteiger partial charge on any atom is -0.493 e. The molecular weight excluding hydrogens is 464 g/mol. The highest BCUT2D eigenvalue weighted by molar-refractivity contribution is 7.10. The molecule has 2 atom stereocenters. The number of ether oxygens (including phenoxy) is 3. The summed E-state index contributed by atoms with van der Waals surface area (Å²) in [4.78, 5) is 15.8. The number of benzene rings is 2. The van der Waals surface area contributed by atoms with E-state index in [1.54, 1.807) is 25.2 Å². The van der Waals surface area contributed by atoms with Crippen LogP contribution in [-0.2, 0) is 10.3 Å². The average molecular weight is 491 g/mol. The van der Waals surface area contributed by atoms with Crippen LogP contribution in [-0.4, -0.2) is 45.1 Å². The standard InChI is InChI=1S/C26H26N4O4S/c1-26(21-12-18(14-35-21)16-8-6-7-15(9-16)13-27)22(24(31)30(2)25(28)29-26)17-10-19(32-3)23(34-5)20(11-17)33-4/h6-12,14,22H,1-5H3,(H2,28,29)/t22-,26-/m1/s1. The third kappa shape index (κ3) is 4.06. The molecule has 1 aromatic heterocycles. The molecule has 1 aliphatic heterocycles. The van der Waals surface area contributed by atoms with E-state index in [-0.39, 0.29) is 11.9 Å². The lowest BCUT2D eigenvalue weighted by Gasteiger charge is -2.45. The second kappa shape index (κ2) is 9.31. The molecule has 0 radical (unpaired) electrons. The molecule has 2 aromatic carbocycles. The average Bonchev–Trinajstić information content (AvgIpc) is 3.38. The van der Waals surface area contributed by atoms with Gasteiger partial charge >= 0.3 is 0 Å². The topological polar surface area (TPSA) is 108 Å². The fraction of sp³-hybridized carbons (Fsp3) is 0.269. The molecule has 1 saturated heterocycles. The Balaban J connectivity index is 1.87. The summed E-state index contributed by atoms with van der Waals surface area (Å²) in [6.07, 6.45) is 0. The SMILES string of the molecule is COc1cc([C@@H]2C(=O)N(C)C(=N)N[C@]2(C)c2cc(-c3cccc(C#N)c3)cs2)cc(OC)c1OC. The molecule has 0 bridgehead atoms. The molecule has 1 aliphatic rings. The highest BCUT2D eigenvalue weighted by Gasteiger charge is 2.49. The Bertz CT molecular complexity index is 1320. The van der Waals surface area contributed by atoms with Gasteiger partial charge in [-0.3, -0.25) is 15.1 Å². The summed E-state index contributed by atoms with van der Waals surface area (Å²) >= 11 is 1.49. The lowest BCUT2D eigenvalue weighted by Crippen LogP contribution is -2.62. The summed E-state index contributed by atoms with van der Waals surface area (Å²) in [5, 5.41) is 23.0. The maximum absolute atomic E-state index is 13.6. The van der Waals surface area contributed by atoms with Crippen molar-refractivity contribution < 1.29 is 19.0 Å². The van der Waals surface area contributed by atoms with Gasteiger partial charge in [0.05, 0.1) is 44.4 Å². The van der Waals surface area contributed by atoms with E-state index in [0.29, 0.717) is 28.4 Å². The fourth-order valence-corrected chi connectivity index (χ4v) is 5.50. The van der Waals surface area contributed by atoms with Crippen LogP contribution in [0.2, 0.25) is 0 Å². The number of nitrogens with zero attached hydrogens (tertiary/aromatic N) is 2. The van der Waals surface area contributed by atoms with Gasteiger partial charge in [-0.05, 0) is 59.3 Å². The predicted molar refractivity (Wildman–Crippen MR) is 134 cm³/mol. The van der Waals surface area contributed by atoms with Gasteiger partial charge in [0, 0.05) is 11.9 Å². The van der Waals surface area contributed by atoms with E-state index < -0.39 is 11.5 Å². The number of carbonyl (C=O) groups is 1. The third-order valence-corrected chi connectivity index (χ3v) is 7.49. The van der Waals surface area contributed by atoms with Crippen molar-refractivity contribution in [2.24, 2.45) is 0 Å². The minimum absolute atomic E-state index is 0.0163. The van der Waals surface area contributed by atoms with Crippen LogP contribution in [0.4, 0.5) is 0 Å². The zero-order valence-electron chi connectivity index (χ0n) is 20.1. The lowest BCUT2D eigenvalue weighted by atomic mass is 9.76. The van der Waals surface area contributed by atoms with Gasteiger partial charge in [0.15, 0.2) is 17.5 Å². The zero-order valence-corrected chi connectivity index (χ0v) is 20.9. The number of hydrogen-bond acceptors (Lipinski definition) is 7. The lowest BCUT2D eigenvalue weighted by molar-refractivity contribution is -0.131. The zero-order chi connectivity index (χ0) is 25.3. The number of thiophene rings is 1. The van der Waals surface area contributed by atoms with Gasteiger partial charge in [-0.2, -0.15) is 5.26 Å². The molecule has 0 unspecified atom stereocenters. The number of nitrogens with one attached hydrogen (secondary N) is 2. The van der Waals surface area contributed by atoms with Crippen molar-refractivity contribution in [1.29, 1.82) is 10.7 Å². The van der Waals surface area contributed by atoms with E-state index >= 15 is 0 Å². The fourth-order valence-electron chi connectivity index (χ4n) is 4.43. The Morgan fingerprint density at radius 3 is 2.37 bits per heavy atom. The number of carbonyl (C=O) groups excluding carboxylic acids is 1. The smallest absolute Gasteiger partial charge is 0.239 e. The number of hydrogen-bond donors (Lipinski definition) is 2. The van der Waals surface area contributed by atoms with Crippen LogP contribution in [0.25, 0.3) is 11.1 Å². The molecule has 180 valence electrons. The first-order valence-corrected chi connectivity index (χ1v) is 11.7. The molecule has 9 heteroatoms. The predicted octanol–water partition coefficient (Wildman–Crippen LogP) is 4.31. The highest BCUT2D eigenvalue weighted by Crippen LogP contribution is 2.48. The van der Waals surface area contributed by atoms with Crippen LogP contribution in [0.1, 0.15) is 28.8 Å². The van der Waals surface area contributed by atoms with Crippen LogP contribution in [0.15, 0.2) is 47.8 Å². The Kier molecular flexibility index (Phi) is 6.41. The quantitative estimate of drug-likeness (QED) is 0.533. The van der Waals surface area contributed by atoms with Crippen molar-refractivity contribution in [2.75, 3.05) is 28.4 Å². The maximum atomic E-state index is 13.6. The van der Waals surface area contributed by atoms with Crippen LogP contribution in [0.3, 0.4) is 0 Å². The van der Waals surface area contributed by atoms with E-state index in [9.17, 15) is 10.1 Å². The second-order valence-electron chi connectivity index (χ2n) is 8.36. The largest absolute Gasteiger partial charge is 0.493 e. The second-order valence-corrected chi connectivity index (χ2v) is 9.27. The number of guanidine groups is 1. The van der Waals surface area contributed by atoms with Gasteiger partial charge in [0.25, 0.3) is 0 Å². The van der Waals surface area contributed by atoms with E-state index in [4.69, 9.17) is 19.6 Å².